The summed E-state index contributed by atoms with van der Waals surface area (Å²) in [6, 6.07) is 4.19. The molecule has 9 nitrogen and oxygen atoms in total. The predicted molar refractivity (Wildman–Crippen MR) is 115 cm³/mol. The van der Waals surface area contributed by atoms with Crippen LogP contribution in [0.1, 0.15) is 19.4 Å². The highest BCUT2D eigenvalue weighted by Gasteiger charge is 2.40. The zero-order valence-corrected chi connectivity index (χ0v) is 18.9. The number of likely N-dealkylation sites (N-methyl/N-ethyl adjacent to an activating group) is 1. The Morgan fingerprint density at radius 2 is 1.74 bits per heavy atom. The van der Waals surface area contributed by atoms with Gasteiger partial charge in [0, 0.05) is 58.3 Å². The quantitative estimate of drug-likeness (QED) is 0.649. The van der Waals surface area contributed by atoms with Crippen LogP contribution < -0.4 is 4.90 Å². The molecular weight excluding hydrogens is 420 g/mol. The number of carbonyl (C=O) groups is 2. The molecule has 3 heterocycles. The lowest BCUT2D eigenvalue weighted by Gasteiger charge is -2.36. The maximum absolute atomic E-state index is 13.3. The Bertz CT molecular complexity index is 953. The van der Waals surface area contributed by atoms with Crippen molar-refractivity contribution in [1.82, 2.24) is 14.1 Å². The standard InChI is InChI=1S/C21H30N4O5S/c1-3-22-6-8-23(9-7-22)21(27)20-15-17-14-18(4-5-19(17)25(20)16(2)26)31(28,29)24-10-12-30-13-11-24/h4-5,14,20H,3,6-13,15H2,1-2H3. The number of hydrogen-bond acceptors (Lipinski definition) is 6. The second kappa shape index (κ2) is 8.85. The highest BCUT2D eigenvalue weighted by Crippen LogP contribution is 2.35. The molecule has 1 aromatic carbocycles. The summed E-state index contributed by atoms with van der Waals surface area (Å²) in [5, 5.41) is 0. The summed E-state index contributed by atoms with van der Waals surface area (Å²) in [5.41, 5.74) is 1.34. The first-order valence-electron chi connectivity index (χ1n) is 10.8. The van der Waals surface area contributed by atoms with E-state index in [0.29, 0.717) is 51.5 Å². The Morgan fingerprint density at radius 3 is 2.35 bits per heavy atom. The van der Waals surface area contributed by atoms with Gasteiger partial charge in [-0.15, -0.1) is 0 Å². The number of piperazine rings is 1. The van der Waals surface area contributed by atoms with Crippen LogP contribution in [0, 0.1) is 0 Å². The molecule has 2 amide bonds. The lowest BCUT2D eigenvalue weighted by atomic mass is 10.1. The van der Waals surface area contributed by atoms with Crippen molar-refractivity contribution in [2.24, 2.45) is 0 Å². The molecule has 1 atom stereocenters. The first kappa shape index (κ1) is 22.2. The molecule has 3 aliphatic heterocycles. The second-order valence-electron chi connectivity index (χ2n) is 8.18. The van der Waals surface area contributed by atoms with Gasteiger partial charge >= 0.3 is 0 Å². The van der Waals surface area contributed by atoms with Gasteiger partial charge in [-0.05, 0) is 30.3 Å². The largest absolute Gasteiger partial charge is 0.379 e. The van der Waals surface area contributed by atoms with Gasteiger partial charge in [-0.3, -0.25) is 14.5 Å². The molecule has 0 aromatic heterocycles. The lowest BCUT2D eigenvalue weighted by Crippen LogP contribution is -2.55. The van der Waals surface area contributed by atoms with Crippen LogP contribution in [0.2, 0.25) is 0 Å². The van der Waals surface area contributed by atoms with Crippen LogP contribution in [0.5, 0.6) is 0 Å². The van der Waals surface area contributed by atoms with Crippen LogP contribution in [0.3, 0.4) is 0 Å². The molecule has 2 saturated heterocycles. The molecule has 1 aromatic rings. The van der Waals surface area contributed by atoms with E-state index < -0.39 is 16.1 Å². The monoisotopic (exact) mass is 450 g/mol. The summed E-state index contributed by atoms with van der Waals surface area (Å²) in [4.78, 5) is 31.6. The van der Waals surface area contributed by atoms with Crippen molar-refractivity contribution in [2.45, 2.75) is 31.2 Å². The van der Waals surface area contributed by atoms with Crippen molar-refractivity contribution in [2.75, 3.05) is 63.9 Å². The van der Waals surface area contributed by atoms with E-state index in [9.17, 15) is 18.0 Å². The zero-order chi connectivity index (χ0) is 22.2. The number of benzene rings is 1. The third-order valence-corrected chi connectivity index (χ3v) is 8.29. The third-order valence-electron chi connectivity index (χ3n) is 6.40. The summed E-state index contributed by atoms with van der Waals surface area (Å²) in [5.74, 6) is -0.284. The van der Waals surface area contributed by atoms with Crippen molar-refractivity contribution in [1.29, 1.82) is 0 Å². The zero-order valence-electron chi connectivity index (χ0n) is 18.1. The Morgan fingerprint density at radius 1 is 1.06 bits per heavy atom. The van der Waals surface area contributed by atoms with Crippen molar-refractivity contribution in [3.8, 4) is 0 Å². The van der Waals surface area contributed by atoms with E-state index in [4.69, 9.17) is 4.74 Å². The number of morpholine rings is 1. The van der Waals surface area contributed by atoms with Crippen molar-refractivity contribution >= 4 is 27.5 Å². The molecule has 0 N–H and O–H groups in total. The first-order valence-corrected chi connectivity index (χ1v) is 12.3. The van der Waals surface area contributed by atoms with Crippen molar-refractivity contribution in [3.05, 3.63) is 23.8 Å². The molecule has 0 radical (unpaired) electrons. The van der Waals surface area contributed by atoms with Gasteiger partial charge in [0.05, 0.1) is 18.1 Å². The summed E-state index contributed by atoms with van der Waals surface area (Å²) < 4.78 is 32.8. The highest BCUT2D eigenvalue weighted by molar-refractivity contribution is 7.89. The van der Waals surface area contributed by atoms with E-state index in [1.165, 1.54) is 22.2 Å². The normalized spacial score (nSPS) is 23.1. The average molecular weight is 451 g/mol. The third kappa shape index (κ3) is 4.21. The molecule has 170 valence electrons. The van der Waals surface area contributed by atoms with Gasteiger partial charge in [0.25, 0.3) is 0 Å². The van der Waals surface area contributed by atoms with Gasteiger partial charge in [-0.1, -0.05) is 6.92 Å². The minimum Gasteiger partial charge on any atom is -0.379 e. The van der Waals surface area contributed by atoms with E-state index in [2.05, 4.69) is 11.8 Å². The number of fused-ring (bicyclic) bond motifs is 1. The fourth-order valence-electron chi connectivity index (χ4n) is 4.61. The van der Waals surface area contributed by atoms with Gasteiger partial charge in [0.1, 0.15) is 6.04 Å². The topological polar surface area (TPSA) is 90.5 Å². The van der Waals surface area contributed by atoms with Gasteiger partial charge in [-0.2, -0.15) is 4.31 Å². The number of nitrogens with zero attached hydrogens (tertiary/aromatic N) is 4. The van der Waals surface area contributed by atoms with Crippen molar-refractivity contribution in [3.63, 3.8) is 0 Å². The molecule has 0 spiro atoms. The van der Waals surface area contributed by atoms with Crippen LogP contribution in [-0.2, 0) is 30.8 Å². The number of rotatable bonds is 4. The average Bonchev–Trinajstić information content (AvgIpc) is 3.18. The summed E-state index contributed by atoms with van der Waals surface area (Å²) in [7, 11) is -3.64. The number of anilines is 1. The fourth-order valence-corrected chi connectivity index (χ4v) is 6.07. The minimum atomic E-state index is -3.64. The molecule has 1 unspecified atom stereocenters. The van der Waals surface area contributed by atoms with Crippen LogP contribution in [-0.4, -0.2) is 99.4 Å². The van der Waals surface area contributed by atoms with Crippen LogP contribution in [0.15, 0.2) is 23.1 Å². The SMILES string of the molecule is CCN1CCN(C(=O)C2Cc3cc(S(=O)(=O)N4CCOCC4)ccc3N2C(C)=O)CC1. The van der Waals surface area contributed by atoms with Gasteiger partial charge in [0.2, 0.25) is 21.8 Å². The first-order chi connectivity index (χ1) is 14.8. The molecule has 2 fully saturated rings. The molecule has 3 aliphatic rings. The molecule has 10 heteroatoms. The number of carbonyl (C=O) groups excluding carboxylic acids is 2. The van der Waals surface area contributed by atoms with E-state index in [1.54, 1.807) is 12.1 Å². The van der Waals surface area contributed by atoms with Crippen LogP contribution >= 0.6 is 0 Å². The van der Waals surface area contributed by atoms with E-state index in [-0.39, 0.29) is 16.7 Å². The fraction of sp³-hybridized carbons (Fsp3) is 0.619. The van der Waals surface area contributed by atoms with Gasteiger partial charge < -0.3 is 14.5 Å². The van der Waals surface area contributed by atoms with Crippen molar-refractivity contribution < 1.29 is 22.7 Å². The smallest absolute Gasteiger partial charge is 0.246 e. The van der Waals surface area contributed by atoms with E-state index in [1.807, 2.05) is 4.90 Å². The number of amides is 2. The molecule has 4 rings (SSSR count). The molecule has 0 aliphatic carbocycles. The van der Waals surface area contributed by atoms with Crippen LogP contribution in [0.4, 0.5) is 5.69 Å². The summed E-state index contributed by atoms with van der Waals surface area (Å²) in [6.45, 7) is 8.84. The summed E-state index contributed by atoms with van der Waals surface area (Å²) >= 11 is 0. The Labute approximate surface area is 183 Å². The molecule has 0 bridgehead atoms. The molecule has 0 saturated carbocycles. The maximum atomic E-state index is 13.3. The Kier molecular flexibility index (Phi) is 6.34. The molecular formula is C21H30N4O5S. The minimum absolute atomic E-state index is 0.0697. The number of hydrogen-bond donors (Lipinski definition) is 0. The number of sulfonamides is 1. The second-order valence-corrected chi connectivity index (χ2v) is 10.1. The molecule has 31 heavy (non-hydrogen) atoms. The maximum Gasteiger partial charge on any atom is 0.246 e. The van der Waals surface area contributed by atoms with Gasteiger partial charge in [0.15, 0.2) is 0 Å². The van der Waals surface area contributed by atoms with E-state index in [0.717, 1.165) is 25.2 Å². The summed E-state index contributed by atoms with van der Waals surface area (Å²) in [6.07, 6.45) is 0.328. The van der Waals surface area contributed by atoms with Crippen LogP contribution in [0.25, 0.3) is 0 Å². The Hall–Kier alpha value is -2.01. The van der Waals surface area contributed by atoms with Gasteiger partial charge in [-0.25, -0.2) is 8.42 Å². The highest BCUT2D eigenvalue weighted by atomic mass is 32.2. The lowest BCUT2D eigenvalue weighted by molar-refractivity contribution is -0.135. The predicted octanol–water partition coefficient (Wildman–Crippen LogP) is 0.149. The number of ether oxygens (including phenoxy) is 1. The van der Waals surface area contributed by atoms with E-state index >= 15 is 0 Å². The Balaban J connectivity index is 1.57.